The normalized spacial score (nSPS) is 1.71. The van der Waals surface area contributed by atoms with Gasteiger partial charge < -0.3 is 21.3 Å². The van der Waals surface area contributed by atoms with Crippen LogP contribution in [0.5, 0.6) is 0 Å². The second-order valence-electron chi connectivity index (χ2n) is 0. The van der Waals surface area contributed by atoms with E-state index >= 15 is 0 Å². The van der Waals surface area contributed by atoms with Crippen molar-refractivity contribution in [1.82, 2.24) is 0 Å². The van der Waals surface area contributed by atoms with Gasteiger partial charge in [-0.3, -0.25) is 0 Å². The maximum Gasteiger partial charge on any atom is 3.00 e. The molecule has 0 aliphatic carbocycles. The van der Waals surface area contributed by atoms with E-state index in [4.69, 9.17) is 0 Å². The van der Waals surface area contributed by atoms with Gasteiger partial charge in [-0.15, -0.1) is 0 Å². The van der Waals surface area contributed by atoms with Crippen LogP contribution in [-0.2, 0) is 65.4 Å². The predicted octanol–water partition coefficient (Wildman–Crippen LogP) is 2.13. The summed E-state index contributed by atoms with van der Waals surface area (Å²) in [5.74, 6) is 0. The predicted molar refractivity (Wildman–Crippen MR) is 28.5 cm³/mol. The molecule has 0 bridgehead atoms. The van der Waals surface area contributed by atoms with E-state index < -0.39 is 0 Å². The molecule has 7 heavy (non-hydrogen) atoms. The summed E-state index contributed by atoms with van der Waals surface area (Å²) in [7, 11) is 0. The fourth-order valence-corrected chi connectivity index (χ4v) is 0. The van der Waals surface area contributed by atoms with Crippen molar-refractivity contribution in [2.24, 2.45) is 0 Å². The molecule has 0 aromatic heterocycles. The van der Waals surface area contributed by atoms with Crippen molar-refractivity contribution >= 4 is 0 Å². The van der Waals surface area contributed by atoms with Gasteiger partial charge in [-0.1, -0.05) is 0 Å². The number of hydrogen-bond donors (Lipinski definition) is 0. The minimum absolute atomic E-state index is 0. The van der Waals surface area contributed by atoms with Gasteiger partial charge in [0.05, 0.1) is 0 Å². The summed E-state index contributed by atoms with van der Waals surface area (Å²) in [6, 6.07) is 0. The third-order valence-corrected chi connectivity index (χ3v) is 0. The summed E-state index contributed by atoms with van der Waals surface area (Å²) < 4.78 is 0. The molecular formula is C5H13Y2. The average Bonchev–Trinajstić information content (AvgIpc) is 1.50. The van der Waals surface area contributed by atoms with Crippen LogP contribution in [-0.4, -0.2) is 0 Å². The molecule has 0 saturated carbocycles. The summed E-state index contributed by atoms with van der Waals surface area (Å²) in [4.78, 5) is 0. The minimum atomic E-state index is 0. The van der Waals surface area contributed by atoms with Crippen LogP contribution in [0, 0.1) is 21.3 Å². The first kappa shape index (κ1) is 35.0. The Labute approximate surface area is 99.0 Å². The molecule has 0 spiro atoms. The van der Waals surface area contributed by atoms with Gasteiger partial charge in [0.25, 0.3) is 0 Å². The first-order valence-corrected chi connectivity index (χ1v) is 1.41. The van der Waals surface area contributed by atoms with E-state index in [0.29, 0.717) is 0 Å². The summed E-state index contributed by atoms with van der Waals surface area (Å²) in [6.07, 6.45) is 0. The SMILES string of the molecule is [CH2-]C.[CH2-]C.[CH3-].[Y+3].[Y]. The first-order valence-electron chi connectivity index (χ1n) is 1.41. The molecule has 0 atom stereocenters. The van der Waals surface area contributed by atoms with Crippen molar-refractivity contribution in [3.63, 3.8) is 0 Å². The van der Waals surface area contributed by atoms with E-state index in [0.717, 1.165) is 0 Å². The van der Waals surface area contributed by atoms with Gasteiger partial charge in [-0.05, 0) is 0 Å². The van der Waals surface area contributed by atoms with Gasteiger partial charge >= 0.3 is 32.7 Å². The molecule has 0 nitrogen and oxygen atoms in total. The molecule has 0 aromatic rings. The zero-order valence-electron chi connectivity index (χ0n) is 5.57. The van der Waals surface area contributed by atoms with Crippen LogP contribution in [0.1, 0.15) is 13.8 Å². The van der Waals surface area contributed by atoms with E-state index in [1.54, 1.807) is 13.8 Å². The Balaban J connectivity index is -0.00000000267. The third kappa shape index (κ3) is 64.9. The van der Waals surface area contributed by atoms with Gasteiger partial charge in [0.1, 0.15) is 0 Å². The molecule has 0 aliphatic rings. The standard InChI is InChI=1S/2C2H5.CH3.2Y/c2*1-2;;;/h2*1H2,2H3;1H3;;/q3*-1;;+3. The number of rotatable bonds is 0. The summed E-state index contributed by atoms with van der Waals surface area (Å²) in [6.45, 7) is 10.0. The van der Waals surface area contributed by atoms with Crippen LogP contribution in [0.15, 0.2) is 0 Å². The largest absolute Gasteiger partial charge is 3.00 e. The van der Waals surface area contributed by atoms with Crippen LogP contribution >= 0.6 is 0 Å². The molecule has 0 amide bonds. The molecule has 1 radical (unpaired) electrons. The van der Waals surface area contributed by atoms with Crippen LogP contribution in [0.2, 0.25) is 0 Å². The molecule has 0 unspecified atom stereocenters. The maximum atomic E-state index is 3.25. The smallest absolute Gasteiger partial charge is 0.358 e. The Kier molecular flexibility index (Phi) is 438. The molecule has 0 fully saturated rings. The average molecular weight is 251 g/mol. The van der Waals surface area contributed by atoms with E-state index in [2.05, 4.69) is 13.8 Å². The van der Waals surface area contributed by atoms with Gasteiger partial charge in [-0.25, -0.2) is 0 Å². The van der Waals surface area contributed by atoms with Crippen LogP contribution in [0.25, 0.3) is 0 Å². The Morgan fingerprint density at radius 1 is 0.857 bits per heavy atom. The molecule has 0 saturated heterocycles. The van der Waals surface area contributed by atoms with Crippen molar-refractivity contribution in [3.05, 3.63) is 21.3 Å². The third-order valence-electron chi connectivity index (χ3n) is 0. The van der Waals surface area contributed by atoms with E-state index in [1.165, 1.54) is 0 Å². The molecule has 0 aromatic carbocycles. The van der Waals surface area contributed by atoms with Crippen LogP contribution < -0.4 is 0 Å². The van der Waals surface area contributed by atoms with Gasteiger partial charge in [0.2, 0.25) is 0 Å². The second kappa shape index (κ2) is 87.5. The zero-order chi connectivity index (χ0) is 4.00. The number of hydrogen-bond acceptors (Lipinski definition) is 0. The Morgan fingerprint density at radius 2 is 0.857 bits per heavy atom. The maximum absolute atomic E-state index is 3.25. The molecule has 0 heterocycles. The van der Waals surface area contributed by atoms with E-state index in [-0.39, 0.29) is 72.8 Å². The fraction of sp³-hybridized carbons (Fsp3) is 0.400. The van der Waals surface area contributed by atoms with Crippen LogP contribution in [0.3, 0.4) is 0 Å². The first-order chi connectivity index (χ1) is 2.00. The van der Waals surface area contributed by atoms with Crippen LogP contribution in [0.4, 0.5) is 0 Å². The van der Waals surface area contributed by atoms with Crippen molar-refractivity contribution < 1.29 is 65.4 Å². The molecule has 2 heteroatoms. The molecular weight excluding hydrogens is 238 g/mol. The quantitative estimate of drug-likeness (QED) is 0.578. The van der Waals surface area contributed by atoms with Crippen molar-refractivity contribution in [2.45, 2.75) is 13.8 Å². The molecule has 39 valence electrons. The van der Waals surface area contributed by atoms with E-state index in [9.17, 15) is 0 Å². The minimum Gasteiger partial charge on any atom is -0.358 e. The van der Waals surface area contributed by atoms with Gasteiger partial charge in [0, 0.05) is 32.7 Å². The topological polar surface area (TPSA) is 0 Å². The zero-order valence-corrected chi connectivity index (χ0v) is 11.2. The molecule has 0 aliphatic heterocycles. The monoisotopic (exact) mass is 251 g/mol. The van der Waals surface area contributed by atoms with Crippen molar-refractivity contribution in [3.8, 4) is 0 Å². The fourth-order valence-electron chi connectivity index (χ4n) is 0. The van der Waals surface area contributed by atoms with Crippen molar-refractivity contribution in [1.29, 1.82) is 0 Å². The van der Waals surface area contributed by atoms with Gasteiger partial charge in [0.15, 0.2) is 0 Å². The van der Waals surface area contributed by atoms with E-state index in [1.807, 2.05) is 0 Å². The summed E-state index contributed by atoms with van der Waals surface area (Å²) >= 11 is 0. The Bertz CT molecular complexity index is 6.04. The second-order valence-corrected chi connectivity index (χ2v) is 0. The van der Waals surface area contributed by atoms with Crippen molar-refractivity contribution in [2.75, 3.05) is 0 Å². The van der Waals surface area contributed by atoms with Gasteiger partial charge in [-0.2, -0.15) is 13.8 Å². The Hall–Kier alpha value is 2.21. The molecule has 0 N–H and O–H groups in total. The summed E-state index contributed by atoms with van der Waals surface area (Å²) in [5, 5.41) is 0. The summed E-state index contributed by atoms with van der Waals surface area (Å²) in [5.41, 5.74) is 0. The Morgan fingerprint density at radius 3 is 0.857 bits per heavy atom. The molecule has 0 rings (SSSR count).